The van der Waals surface area contributed by atoms with Gasteiger partial charge in [-0.25, -0.2) is 17.5 Å². The summed E-state index contributed by atoms with van der Waals surface area (Å²) in [5.74, 6) is -0.627. The smallest absolute Gasteiger partial charge is 0.240 e. The molecule has 0 heterocycles. The molecule has 1 atom stereocenters. The number of carbonyl (C=O) groups excluding carboxylic acids is 1. The van der Waals surface area contributed by atoms with Gasteiger partial charge in [0, 0.05) is 13.0 Å². The molecule has 0 saturated heterocycles. The Kier molecular flexibility index (Phi) is 6.50. The lowest BCUT2D eigenvalue weighted by Crippen LogP contribution is -2.32. The summed E-state index contributed by atoms with van der Waals surface area (Å²) in [5.41, 5.74) is 2.67. The van der Waals surface area contributed by atoms with Crippen molar-refractivity contribution in [1.29, 1.82) is 0 Å². The van der Waals surface area contributed by atoms with Crippen molar-refractivity contribution in [2.24, 2.45) is 0 Å². The average molecular weight is 378 g/mol. The Balaban J connectivity index is 1.87. The van der Waals surface area contributed by atoms with E-state index in [1.165, 1.54) is 12.1 Å². The van der Waals surface area contributed by atoms with Crippen molar-refractivity contribution < 1.29 is 17.6 Å². The summed E-state index contributed by atoms with van der Waals surface area (Å²) >= 11 is 0. The van der Waals surface area contributed by atoms with E-state index in [9.17, 15) is 17.6 Å². The van der Waals surface area contributed by atoms with Gasteiger partial charge in [0.05, 0.1) is 10.9 Å². The summed E-state index contributed by atoms with van der Waals surface area (Å²) in [5, 5.41) is 2.76. The molecule has 0 unspecified atom stereocenters. The first kappa shape index (κ1) is 20.1. The van der Waals surface area contributed by atoms with Crippen LogP contribution in [0.25, 0.3) is 0 Å². The topological polar surface area (TPSA) is 75.3 Å². The number of hydrogen-bond acceptors (Lipinski definition) is 3. The minimum Gasteiger partial charge on any atom is -0.350 e. The molecular weight excluding hydrogens is 355 g/mol. The third-order valence-corrected chi connectivity index (χ3v) is 5.64. The fraction of sp³-hybridized carbons (Fsp3) is 0.316. The summed E-state index contributed by atoms with van der Waals surface area (Å²) < 4.78 is 39.9. The lowest BCUT2D eigenvalue weighted by Gasteiger charge is -2.14. The Hall–Kier alpha value is -2.25. The van der Waals surface area contributed by atoms with Crippen LogP contribution in [-0.2, 0) is 14.8 Å². The Morgan fingerprint density at radius 1 is 1.08 bits per heavy atom. The number of rotatable bonds is 7. The van der Waals surface area contributed by atoms with E-state index >= 15 is 0 Å². The molecule has 1 amide bonds. The second-order valence-electron chi connectivity index (χ2n) is 6.23. The molecule has 0 bridgehead atoms. The van der Waals surface area contributed by atoms with Crippen LogP contribution >= 0.6 is 0 Å². The van der Waals surface area contributed by atoms with Gasteiger partial charge < -0.3 is 5.32 Å². The summed E-state index contributed by atoms with van der Waals surface area (Å²) in [4.78, 5) is 12.2. The SMILES string of the molecule is Cc1ccc(S(=O)(=O)NCCC(=O)N[C@H](C)c2ccc(F)cc2)cc1C. The number of hydrogen-bond donors (Lipinski definition) is 2. The fourth-order valence-electron chi connectivity index (χ4n) is 2.41. The van der Waals surface area contributed by atoms with E-state index in [4.69, 9.17) is 0 Å². The molecule has 140 valence electrons. The summed E-state index contributed by atoms with van der Waals surface area (Å²) in [6.07, 6.45) is 0.00953. The maximum atomic E-state index is 12.9. The standard InChI is InChI=1S/C19H23FN2O3S/c1-13-4-9-18(12-14(13)2)26(24,25)21-11-10-19(23)22-15(3)16-5-7-17(20)8-6-16/h4-9,12,15,21H,10-11H2,1-3H3,(H,22,23)/t15-/m1/s1. The quantitative estimate of drug-likeness (QED) is 0.778. The molecule has 2 rings (SSSR count). The molecule has 0 aliphatic carbocycles. The molecule has 7 heteroatoms. The summed E-state index contributed by atoms with van der Waals surface area (Å²) in [7, 11) is -3.65. The van der Waals surface area contributed by atoms with Crippen molar-refractivity contribution >= 4 is 15.9 Å². The number of carbonyl (C=O) groups is 1. The van der Waals surface area contributed by atoms with E-state index in [0.29, 0.717) is 0 Å². The van der Waals surface area contributed by atoms with E-state index in [1.54, 1.807) is 37.3 Å². The lowest BCUT2D eigenvalue weighted by atomic mass is 10.1. The van der Waals surface area contributed by atoms with Crippen LogP contribution in [0.2, 0.25) is 0 Å². The van der Waals surface area contributed by atoms with Crippen LogP contribution in [-0.4, -0.2) is 20.9 Å². The van der Waals surface area contributed by atoms with Crippen LogP contribution in [0.3, 0.4) is 0 Å². The van der Waals surface area contributed by atoms with Crippen LogP contribution in [0.15, 0.2) is 47.4 Å². The van der Waals surface area contributed by atoms with Gasteiger partial charge in [-0.2, -0.15) is 0 Å². The minimum atomic E-state index is -3.65. The zero-order chi connectivity index (χ0) is 19.3. The monoisotopic (exact) mass is 378 g/mol. The Labute approximate surface area is 153 Å². The molecule has 5 nitrogen and oxygen atoms in total. The third-order valence-electron chi connectivity index (χ3n) is 4.18. The Bertz CT molecular complexity index is 880. The van der Waals surface area contributed by atoms with E-state index in [2.05, 4.69) is 10.0 Å². The van der Waals surface area contributed by atoms with Crippen molar-refractivity contribution in [3.05, 3.63) is 65.0 Å². The van der Waals surface area contributed by atoms with Crippen LogP contribution in [0, 0.1) is 19.7 Å². The molecule has 0 aliphatic heterocycles. The second kappa shape index (κ2) is 8.42. The number of benzene rings is 2. The van der Waals surface area contributed by atoms with Crippen molar-refractivity contribution in [1.82, 2.24) is 10.0 Å². The molecule has 0 aliphatic rings. The van der Waals surface area contributed by atoms with Gasteiger partial charge in [0.15, 0.2) is 0 Å². The van der Waals surface area contributed by atoms with E-state index in [0.717, 1.165) is 16.7 Å². The van der Waals surface area contributed by atoms with Gasteiger partial charge in [-0.1, -0.05) is 18.2 Å². The normalized spacial score (nSPS) is 12.6. The predicted octanol–water partition coefficient (Wildman–Crippen LogP) is 2.99. The van der Waals surface area contributed by atoms with Crippen LogP contribution < -0.4 is 10.0 Å². The summed E-state index contributed by atoms with van der Waals surface area (Å²) in [6, 6.07) is 10.5. The highest BCUT2D eigenvalue weighted by Gasteiger charge is 2.15. The number of aryl methyl sites for hydroxylation is 2. The minimum absolute atomic E-state index is 0.00275. The zero-order valence-corrected chi connectivity index (χ0v) is 15.9. The van der Waals surface area contributed by atoms with Gasteiger partial charge in [-0.3, -0.25) is 4.79 Å². The molecular formula is C19H23FN2O3S. The van der Waals surface area contributed by atoms with Crippen molar-refractivity contribution in [3.8, 4) is 0 Å². The Morgan fingerprint density at radius 3 is 2.35 bits per heavy atom. The predicted molar refractivity (Wildman–Crippen MR) is 98.7 cm³/mol. The molecule has 2 aromatic carbocycles. The number of halogens is 1. The van der Waals surface area contributed by atoms with Crippen molar-refractivity contribution in [3.63, 3.8) is 0 Å². The molecule has 0 spiro atoms. The van der Waals surface area contributed by atoms with Gasteiger partial charge in [0.1, 0.15) is 5.82 Å². The average Bonchev–Trinajstić information content (AvgIpc) is 2.57. The van der Waals surface area contributed by atoms with Gasteiger partial charge in [-0.05, 0) is 61.7 Å². The highest BCUT2D eigenvalue weighted by Crippen LogP contribution is 2.15. The molecule has 2 aromatic rings. The fourth-order valence-corrected chi connectivity index (χ4v) is 3.53. The Morgan fingerprint density at radius 2 is 1.73 bits per heavy atom. The summed E-state index contributed by atoms with van der Waals surface area (Å²) in [6.45, 7) is 5.53. The van der Waals surface area contributed by atoms with Gasteiger partial charge in [0.2, 0.25) is 15.9 Å². The first-order valence-electron chi connectivity index (χ1n) is 8.31. The highest BCUT2D eigenvalue weighted by atomic mass is 32.2. The van der Waals surface area contributed by atoms with E-state index in [-0.39, 0.29) is 35.6 Å². The second-order valence-corrected chi connectivity index (χ2v) is 8.00. The molecule has 0 fully saturated rings. The maximum absolute atomic E-state index is 12.9. The van der Waals surface area contributed by atoms with Crippen LogP contribution in [0.4, 0.5) is 4.39 Å². The van der Waals surface area contributed by atoms with Crippen LogP contribution in [0.5, 0.6) is 0 Å². The highest BCUT2D eigenvalue weighted by molar-refractivity contribution is 7.89. The zero-order valence-electron chi connectivity index (χ0n) is 15.0. The van der Waals surface area contributed by atoms with Gasteiger partial charge in [-0.15, -0.1) is 0 Å². The first-order chi connectivity index (χ1) is 12.2. The first-order valence-corrected chi connectivity index (χ1v) is 9.79. The third kappa shape index (κ3) is 5.37. The van der Waals surface area contributed by atoms with Crippen LogP contribution in [0.1, 0.15) is 36.1 Å². The molecule has 2 N–H and O–H groups in total. The largest absolute Gasteiger partial charge is 0.350 e. The van der Waals surface area contributed by atoms with Gasteiger partial charge in [0.25, 0.3) is 0 Å². The molecule has 0 radical (unpaired) electrons. The molecule has 0 aromatic heterocycles. The van der Waals surface area contributed by atoms with Crippen molar-refractivity contribution in [2.45, 2.75) is 38.1 Å². The molecule has 0 saturated carbocycles. The lowest BCUT2D eigenvalue weighted by molar-refractivity contribution is -0.121. The van der Waals surface area contributed by atoms with Gasteiger partial charge >= 0.3 is 0 Å². The van der Waals surface area contributed by atoms with E-state index < -0.39 is 10.0 Å². The number of sulfonamides is 1. The maximum Gasteiger partial charge on any atom is 0.240 e. The number of nitrogens with one attached hydrogen (secondary N) is 2. The van der Waals surface area contributed by atoms with Crippen molar-refractivity contribution in [2.75, 3.05) is 6.54 Å². The number of amides is 1. The molecule has 26 heavy (non-hydrogen) atoms. The van der Waals surface area contributed by atoms with E-state index in [1.807, 2.05) is 13.8 Å².